The summed E-state index contributed by atoms with van der Waals surface area (Å²) in [7, 11) is -4.19. The smallest absolute Gasteiger partial charge is 0.418 e. The van der Waals surface area contributed by atoms with Crippen molar-refractivity contribution in [3.63, 3.8) is 0 Å². The molecule has 1 N–H and O–H groups in total. The first-order chi connectivity index (χ1) is 12.6. The van der Waals surface area contributed by atoms with Gasteiger partial charge in [0.25, 0.3) is 10.0 Å². The second-order valence-corrected chi connectivity index (χ2v) is 7.49. The molecule has 0 fully saturated rings. The van der Waals surface area contributed by atoms with Crippen molar-refractivity contribution < 1.29 is 26.0 Å². The lowest BCUT2D eigenvalue weighted by Crippen LogP contribution is -2.17. The fourth-order valence-electron chi connectivity index (χ4n) is 2.61. The highest BCUT2D eigenvalue weighted by Crippen LogP contribution is 2.35. The molecule has 0 aliphatic rings. The van der Waals surface area contributed by atoms with E-state index in [1.54, 1.807) is 13.8 Å². The quantitative estimate of drug-likeness (QED) is 0.689. The highest BCUT2D eigenvalue weighted by molar-refractivity contribution is 7.92. The van der Waals surface area contributed by atoms with E-state index < -0.39 is 27.5 Å². The Balaban J connectivity index is 1.92. The number of hydrogen-bond acceptors (Lipinski definition) is 4. The van der Waals surface area contributed by atoms with Gasteiger partial charge < -0.3 is 4.42 Å². The molecule has 0 bridgehead atoms. The van der Waals surface area contributed by atoms with Crippen LogP contribution in [0.4, 0.5) is 18.9 Å². The topological polar surface area (TPSA) is 72.2 Å². The van der Waals surface area contributed by atoms with Gasteiger partial charge in [0.15, 0.2) is 5.89 Å². The van der Waals surface area contributed by atoms with Gasteiger partial charge in [-0.25, -0.2) is 13.4 Å². The first-order valence-corrected chi connectivity index (χ1v) is 9.30. The minimum absolute atomic E-state index is 0.166. The van der Waals surface area contributed by atoms with Gasteiger partial charge >= 0.3 is 6.18 Å². The van der Waals surface area contributed by atoms with Crippen LogP contribution >= 0.6 is 0 Å². The Morgan fingerprint density at radius 3 is 2.19 bits per heavy atom. The minimum atomic E-state index is -4.68. The SMILES string of the molecule is Cc1nc(-c2ccc(S(=O)(=O)Nc3ccccc3C(F)(F)F)cc2)c(C)o1. The summed E-state index contributed by atoms with van der Waals surface area (Å²) >= 11 is 0. The molecular weight excluding hydrogens is 381 g/mol. The zero-order valence-corrected chi connectivity index (χ0v) is 15.1. The highest BCUT2D eigenvalue weighted by atomic mass is 32.2. The summed E-state index contributed by atoms with van der Waals surface area (Å²) in [6.07, 6.45) is -4.68. The predicted molar refractivity (Wildman–Crippen MR) is 93.7 cm³/mol. The average molecular weight is 396 g/mol. The number of benzene rings is 2. The summed E-state index contributed by atoms with van der Waals surface area (Å²) < 4.78 is 71.5. The molecule has 0 radical (unpaired) electrons. The van der Waals surface area contributed by atoms with Crippen LogP contribution < -0.4 is 4.72 Å². The molecule has 0 amide bonds. The standard InChI is InChI=1S/C18H15F3N2O3S/c1-11-17(22-12(2)26-11)13-7-9-14(10-8-13)27(24,25)23-16-6-4-3-5-15(16)18(19,20)21/h3-10,23H,1-2H3. The number of oxazole rings is 1. The number of aryl methyl sites for hydroxylation is 2. The molecule has 2 aromatic carbocycles. The summed E-state index contributed by atoms with van der Waals surface area (Å²) in [5, 5.41) is 0. The highest BCUT2D eigenvalue weighted by Gasteiger charge is 2.34. The molecule has 0 saturated heterocycles. The Morgan fingerprint density at radius 1 is 1.00 bits per heavy atom. The number of sulfonamides is 1. The monoisotopic (exact) mass is 396 g/mol. The zero-order chi connectivity index (χ0) is 19.8. The van der Waals surface area contributed by atoms with Gasteiger partial charge in [0.1, 0.15) is 11.5 Å². The lowest BCUT2D eigenvalue weighted by Gasteiger charge is -2.14. The van der Waals surface area contributed by atoms with Gasteiger partial charge in [0.05, 0.1) is 16.1 Å². The number of nitrogens with zero attached hydrogens (tertiary/aromatic N) is 1. The summed E-state index contributed by atoms with van der Waals surface area (Å²) in [6, 6.07) is 10.0. The van der Waals surface area contributed by atoms with Crippen molar-refractivity contribution >= 4 is 15.7 Å². The maximum atomic E-state index is 13.1. The number of para-hydroxylation sites is 1. The van der Waals surface area contributed by atoms with E-state index in [0.29, 0.717) is 22.9 Å². The van der Waals surface area contributed by atoms with Crippen molar-refractivity contribution in [2.24, 2.45) is 0 Å². The van der Waals surface area contributed by atoms with E-state index in [4.69, 9.17) is 4.42 Å². The van der Waals surface area contributed by atoms with Gasteiger partial charge in [-0.15, -0.1) is 0 Å². The summed E-state index contributed by atoms with van der Waals surface area (Å²) in [6.45, 7) is 3.42. The van der Waals surface area contributed by atoms with E-state index in [0.717, 1.165) is 12.1 Å². The van der Waals surface area contributed by atoms with Crippen LogP contribution in [0.15, 0.2) is 57.8 Å². The number of alkyl halides is 3. The van der Waals surface area contributed by atoms with Gasteiger partial charge in [-0.2, -0.15) is 13.2 Å². The van der Waals surface area contributed by atoms with Gasteiger partial charge in [0, 0.05) is 12.5 Å². The molecule has 0 saturated carbocycles. The van der Waals surface area contributed by atoms with Crippen LogP contribution in [0.2, 0.25) is 0 Å². The van der Waals surface area contributed by atoms with Crippen LogP contribution in [0.25, 0.3) is 11.3 Å². The van der Waals surface area contributed by atoms with E-state index in [2.05, 4.69) is 4.98 Å². The van der Waals surface area contributed by atoms with E-state index in [-0.39, 0.29) is 4.90 Å². The number of rotatable bonds is 4. The van der Waals surface area contributed by atoms with Crippen molar-refractivity contribution in [3.05, 3.63) is 65.7 Å². The van der Waals surface area contributed by atoms with E-state index in [1.807, 2.05) is 4.72 Å². The molecular formula is C18H15F3N2O3S. The first kappa shape index (κ1) is 19.0. The molecule has 1 aromatic heterocycles. The molecule has 0 unspecified atom stereocenters. The van der Waals surface area contributed by atoms with Crippen LogP contribution in [0, 0.1) is 13.8 Å². The van der Waals surface area contributed by atoms with Crippen LogP contribution in [0.1, 0.15) is 17.2 Å². The molecule has 0 aliphatic carbocycles. The molecule has 5 nitrogen and oxygen atoms in total. The number of nitrogens with one attached hydrogen (secondary N) is 1. The maximum absolute atomic E-state index is 13.1. The Labute approximate surface area is 153 Å². The zero-order valence-electron chi connectivity index (χ0n) is 14.3. The Morgan fingerprint density at radius 2 is 1.63 bits per heavy atom. The third-order valence-corrected chi connectivity index (χ3v) is 5.20. The van der Waals surface area contributed by atoms with Crippen LogP contribution in [0.3, 0.4) is 0 Å². The van der Waals surface area contributed by atoms with Crippen LogP contribution in [-0.4, -0.2) is 13.4 Å². The Hall–Kier alpha value is -2.81. The fourth-order valence-corrected chi connectivity index (χ4v) is 3.69. The van der Waals surface area contributed by atoms with Crippen molar-refractivity contribution in [3.8, 4) is 11.3 Å². The van der Waals surface area contributed by atoms with E-state index in [1.165, 1.54) is 36.4 Å². The Kier molecular flexibility index (Phi) is 4.73. The van der Waals surface area contributed by atoms with Gasteiger partial charge in [-0.3, -0.25) is 4.72 Å². The molecule has 142 valence electrons. The average Bonchev–Trinajstić information content (AvgIpc) is 2.92. The largest absolute Gasteiger partial charge is 0.446 e. The molecule has 3 rings (SSSR count). The number of hydrogen-bond donors (Lipinski definition) is 1. The second kappa shape index (κ2) is 6.73. The number of halogens is 3. The lowest BCUT2D eigenvalue weighted by atomic mass is 10.1. The molecule has 0 aliphatic heterocycles. The van der Waals surface area contributed by atoms with Crippen LogP contribution in [-0.2, 0) is 16.2 Å². The third kappa shape index (κ3) is 3.97. The summed E-state index contributed by atoms with van der Waals surface area (Å²) in [5.41, 5.74) is -0.373. The van der Waals surface area contributed by atoms with Crippen molar-refractivity contribution in [2.75, 3.05) is 4.72 Å². The number of anilines is 1. The molecule has 27 heavy (non-hydrogen) atoms. The molecule has 0 spiro atoms. The molecule has 0 atom stereocenters. The van der Waals surface area contributed by atoms with E-state index in [9.17, 15) is 21.6 Å². The fraction of sp³-hybridized carbons (Fsp3) is 0.167. The normalized spacial score (nSPS) is 12.2. The molecule has 3 aromatic rings. The van der Waals surface area contributed by atoms with Crippen molar-refractivity contribution in [2.45, 2.75) is 24.9 Å². The van der Waals surface area contributed by atoms with Gasteiger partial charge in [-0.1, -0.05) is 24.3 Å². The number of aromatic nitrogens is 1. The summed E-state index contributed by atoms with van der Waals surface area (Å²) in [5.74, 6) is 1.06. The maximum Gasteiger partial charge on any atom is 0.418 e. The summed E-state index contributed by atoms with van der Waals surface area (Å²) in [4.78, 5) is 4.06. The molecule has 1 heterocycles. The van der Waals surface area contributed by atoms with Crippen molar-refractivity contribution in [1.29, 1.82) is 0 Å². The second-order valence-electron chi connectivity index (χ2n) is 5.81. The van der Waals surface area contributed by atoms with E-state index >= 15 is 0 Å². The molecule has 9 heteroatoms. The predicted octanol–water partition coefficient (Wildman–Crippen LogP) is 4.78. The van der Waals surface area contributed by atoms with Gasteiger partial charge in [-0.05, 0) is 31.2 Å². The lowest BCUT2D eigenvalue weighted by molar-refractivity contribution is -0.136. The van der Waals surface area contributed by atoms with Gasteiger partial charge in [0.2, 0.25) is 0 Å². The van der Waals surface area contributed by atoms with Crippen molar-refractivity contribution in [1.82, 2.24) is 4.98 Å². The first-order valence-electron chi connectivity index (χ1n) is 7.81. The minimum Gasteiger partial charge on any atom is -0.446 e. The van der Waals surface area contributed by atoms with Crippen LogP contribution in [0.5, 0.6) is 0 Å². The Bertz CT molecular complexity index is 1070. The third-order valence-electron chi connectivity index (χ3n) is 3.82.